The number of amides is 1. The maximum Gasteiger partial charge on any atom is 0.239 e. The molecule has 0 fully saturated rings. The van der Waals surface area contributed by atoms with E-state index in [0.29, 0.717) is 6.42 Å². The van der Waals surface area contributed by atoms with Crippen LogP contribution in [0.15, 0.2) is 48.5 Å². The van der Waals surface area contributed by atoms with Crippen LogP contribution in [0.3, 0.4) is 0 Å². The highest BCUT2D eigenvalue weighted by molar-refractivity contribution is 7.88. The first-order chi connectivity index (χ1) is 12.4. The Morgan fingerprint density at radius 3 is 2.42 bits per heavy atom. The van der Waals surface area contributed by atoms with E-state index in [2.05, 4.69) is 11.4 Å². The summed E-state index contributed by atoms with van der Waals surface area (Å²) in [5, 5.41) is 3.09. The van der Waals surface area contributed by atoms with Crippen LogP contribution < -0.4 is 5.32 Å². The highest BCUT2D eigenvalue weighted by Gasteiger charge is 2.38. The molecule has 1 aliphatic carbocycles. The van der Waals surface area contributed by atoms with Crippen LogP contribution in [0.25, 0.3) is 0 Å². The Balaban J connectivity index is 1.60. The lowest BCUT2D eigenvalue weighted by Crippen LogP contribution is -2.52. The van der Waals surface area contributed by atoms with Crippen molar-refractivity contribution in [1.29, 1.82) is 0 Å². The molecule has 1 aliphatic heterocycles. The van der Waals surface area contributed by atoms with Gasteiger partial charge in [-0.3, -0.25) is 4.79 Å². The van der Waals surface area contributed by atoms with Gasteiger partial charge in [0, 0.05) is 6.54 Å². The molecule has 2 aromatic carbocycles. The van der Waals surface area contributed by atoms with E-state index in [0.717, 1.165) is 29.5 Å². The van der Waals surface area contributed by atoms with Gasteiger partial charge < -0.3 is 5.32 Å². The number of benzene rings is 2. The summed E-state index contributed by atoms with van der Waals surface area (Å²) >= 11 is 0. The van der Waals surface area contributed by atoms with Crippen LogP contribution in [-0.2, 0) is 34.2 Å². The predicted octanol–water partition coefficient (Wildman–Crippen LogP) is 2.18. The van der Waals surface area contributed by atoms with Crippen LogP contribution in [0.4, 0.5) is 0 Å². The molecular weight excluding hydrogens is 348 g/mol. The van der Waals surface area contributed by atoms with Gasteiger partial charge in [0.05, 0.1) is 12.3 Å². The molecule has 136 valence electrons. The van der Waals surface area contributed by atoms with E-state index in [9.17, 15) is 13.2 Å². The van der Waals surface area contributed by atoms with E-state index in [-0.39, 0.29) is 18.5 Å². The zero-order valence-corrected chi connectivity index (χ0v) is 15.5. The molecule has 0 unspecified atom stereocenters. The molecule has 2 atom stereocenters. The molecule has 0 saturated heterocycles. The molecule has 0 saturated carbocycles. The summed E-state index contributed by atoms with van der Waals surface area (Å²) in [6.45, 7) is 0.244. The highest BCUT2D eigenvalue weighted by atomic mass is 32.2. The van der Waals surface area contributed by atoms with Gasteiger partial charge in [0.15, 0.2) is 0 Å². The zero-order chi connectivity index (χ0) is 18.3. The number of hydrogen-bond donors (Lipinski definition) is 1. The number of sulfonamides is 1. The standard InChI is InChI=1S/C20H22N2O3S/c1-26(24,25)22-13-16-8-3-2-7-15(16)12-19(22)20(23)21-18-11-10-14-6-4-5-9-17(14)18/h2-9,18-19H,10-13H2,1H3,(H,21,23)/t18-,19-/m1/s1. The number of aryl methyl sites for hydroxylation is 1. The maximum absolute atomic E-state index is 13.0. The van der Waals surface area contributed by atoms with Gasteiger partial charge in [-0.15, -0.1) is 0 Å². The van der Waals surface area contributed by atoms with Crippen molar-refractivity contribution in [3.63, 3.8) is 0 Å². The summed E-state index contributed by atoms with van der Waals surface area (Å²) in [4.78, 5) is 13.0. The van der Waals surface area contributed by atoms with E-state index in [1.165, 1.54) is 16.1 Å². The smallest absolute Gasteiger partial charge is 0.239 e. The third-order valence-corrected chi connectivity index (χ3v) is 6.62. The monoisotopic (exact) mass is 370 g/mol. The molecule has 5 nitrogen and oxygen atoms in total. The van der Waals surface area contributed by atoms with Gasteiger partial charge in [-0.1, -0.05) is 48.5 Å². The van der Waals surface area contributed by atoms with Crippen molar-refractivity contribution in [3.8, 4) is 0 Å². The molecule has 0 aromatic heterocycles. The average molecular weight is 370 g/mol. The second kappa shape index (κ2) is 6.52. The lowest BCUT2D eigenvalue weighted by Gasteiger charge is -2.34. The minimum atomic E-state index is -3.48. The van der Waals surface area contributed by atoms with Gasteiger partial charge in [-0.25, -0.2) is 8.42 Å². The number of carbonyl (C=O) groups is 1. The van der Waals surface area contributed by atoms with E-state index in [1.807, 2.05) is 42.5 Å². The van der Waals surface area contributed by atoms with Gasteiger partial charge in [0.1, 0.15) is 6.04 Å². The van der Waals surface area contributed by atoms with Crippen LogP contribution in [0.5, 0.6) is 0 Å². The molecule has 0 radical (unpaired) electrons. The average Bonchev–Trinajstić information content (AvgIpc) is 3.03. The molecule has 4 rings (SSSR count). The first-order valence-electron chi connectivity index (χ1n) is 8.85. The summed E-state index contributed by atoms with van der Waals surface area (Å²) in [6.07, 6.45) is 3.37. The third-order valence-electron chi connectivity index (χ3n) is 5.38. The third kappa shape index (κ3) is 3.15. The Kier molecular flexibility index (Phi) is 4.32. The highest BCUT2D eigenvalue weighted by Crippen LogP contribution is 2.32. The zero-order valence-electron chi connectivity index (χ0n) is 14.7. The molecule has 2 aromatic rings. The fourth-order valence-electron chi connectivity index (χ4n) is 4.05. The van der Waals surface area contributed by atoms with Crippen LogP contribution >= 0.6 is 0 Å². The molecule has 1 amide bonds. The van der Waals surface area contributed by atoms with Crippen molar-refractivity contribution in [2.45, 2.75) is 37.9 Å². The minimum Gasteiger partial charge on any atom is -0.348 e. The summed E-state index contributed by atoms with van der Waals surface area (Å²) < 4.78 is 25.9. The molecule has 1 N–H and O–H groups in total. The van der Waals surface area contributed by atoms with Crippen LogP contribution in [0.1, 0.15) is 34.7 Å². The molecule has 1 heterocycles. The normalized spacial score (nSPS) is 22.5. The number of nitrogens with zero attached hydrogens (tertiary/aromatic N) is 1. The quantitative estimate of drug-likeness (QED) is 0.901. The summed E-state index contributed by atoms with van der Waals surface area (Å²) in [7, 11) is -3.48. The number of rotatable bonds is 3. The number of hydrogen-bond acceptors (Lipinski definition) is 3. The van der Waals surface area contributed by atoms with Crippen LogP contribution in [0, 0.1) is 0 Å². The van der Waals surface area contributed by atoms with Crippen molar-refractivity contribution >= 4 is 15.9 Å². The topological polar surface area (TPSA) is 66.5 Å². The Hall–Kier alpha value is -2.18. The summed E-state index contributed by atoms with van der Waals surface area (Å²) in [5.41, 5.74) is 4.40. The van der Waals surface area contributed by atoms with Gasteiger partial charge >= 0.3 is 0 Å². The van der Waals surface area contributed by atoms with Crippen molar-refractivity contribution in [2.75, 3.05) is 6.26 Å². The predicted molar refractivity (Wildman–Crippen MR) is 100.0 cm³/mol. The number of nitrogens with one attached hydrogen (secondary N) is 1. The Labute approximate surface area is 154 Å². The van der Waals surface area contributed by atoms with Crippen molar-refractivity contribution in [2.24, 2.45) is 0 Å². The van der Waals surface area contributed by atoms with E-state index in [1.54, 1.807) is 0 Å². The van der Waals surface area contributed by atoms with Crippen molar-refractivity contribution < 1.29 is 13.2 Å². The molecule has 0 spiro atoms. The van der Waals surface area contributed by atoms with Crippen molar-refractivity contribution in [1.82, 2.24) is 9.62 Å². The van der Waals surface area contributed by atoms with E-state index in [4.69, 9.17) is 0 Å². The van der Waals surface area contributed by atoms with Gasteiger partial charge in [0.25, 0.3) is 0 Å². The first kappa shape index (κ1) is 17.2. The SMILES string of the molecule is CS(=O)(=O)N1Cc2ccccc2C[C@@H]1C(=O)N[C@@H]1CCc2ccccc21. The lowest BCUT2D eigenvalue weighted by atomic mass is 9.95. The Bertz CT molecular complexity index is 955. The van der Waals surface area contributed by atoms with Crippen LogP contribution in [-0.4, -0.2) is 30.9 Å². The van der Waals surface area contributed by atoms with Gasteiger partial charge in [0.2, 0.25) is 15.9 Å². The Morgan fingerprint density at radius 1 is 1.04 bits per heavy atom. The fourth-order valence-corrected chi connectivity index (χ4v) is 5.05. The molecule has 2 aliphatic rings. The number of carbonyl (C=O) groups excluding carboxylic acids is 1. The maximum atomic E-state index is 13.0. The molecule has 0 bridgehead atoms. The van der Waals surface area contributed by atoms with Gasteiger partial charge in [-0.2, -0.15) is 4.31 Å². The summed E-state index contributed by atoms with van der Waals surface area (Å²) in [5.74, 6) is -0.216. The first-order valence-corrected chi connectivity index (χ1v) is 10.7. The second-order valence-corrected chi connectivity index (χ2v) is 9.03. The summed E-state index contributed by atoms with van der Waals surface area (Å²) in [6, 6.07) is 15.1. The minimum absolute atomic E-state index is 0.0442. The second-order valence-electron chi connectivity index (χ2n) is 7.10. The Morgan fingerprint density at radius 2 is 1.69 bits per heavy atom. The van der Waals surface area contributed by atoms with E-state index >= 15 is 0 Å². The lowest BCUT2D eigenvalue weighted by molar-refractivity contribution is -0.126. The van der Waals surface area contributed by atoms with Gasteiger partial charge in [-0.05, 0) is 41.5 Å². The van der Waals surface area contributed by atoms with E-state index < -0.39 is 16.1 Å². The molecule has 26 heavy (non-hydrogen) atoms. The largest absolute Gasteiger partial charge is 0.348 e. The van der Waals surface area contributed by atoms with Crippen molar-refractivity contribution in [3.05, 3.63) is 70.8 Å². The molecular formula is C20H22N2O3S. The fraction of sp³-hybridized carbons (Fsp3) is 0.350. The number of fused-ring (bicyclic) bond motifs is 2. The molecule has 6 heteroatoms. The van der Waals surface area contributed by atoms with Crippen LogP contribution in [0.2, 0.25) is 0 Å².